The third-order valence-electron chi connectivity index (χ3n) is 3.84. The van der Waals surface area contributed by atoms with Crippen molar-refractivity contribution in [2.45, 2.75) is 31.8 Å². The molecule has 4 nitrogen and oxygen atoms in total. The summed E-state index contributed by atoms with van der Waals surface area (Å²) < 4.78 is 0. The minimum atomic E-state index is -0.141. The molecule has 3 rings (SSSR count). The van der Waals surface area contributed by atoms with Gasteiger partial charge in [0.05, 0.1) is 12.5 Å². The maximum atomic E-state index is 12.4. The summed E-state index contributed by atoms with van der Waals surface area (Å²) in [6, 6.07) is 4.45. The molecular formula is C14H18N2O2S. The number of hydrogen-bond donors (Lipinski definition) is 0. The van der Waals surface area contributed by atoms with Crippen molar-refractivity contribution in [1.82, 2.24) is 9.80 Å². The van der Waals surface area contributed by atoms with Gasteiger partial charge in [-0.1, -0.05) is 6.07 Å². The van der Waals surface area contributed by atoms with Crippen molar-refractivity contribution in [1.29, 1.82) is 0 Å². The summed E-state index contributed by atoms with van der Waals surface area (Å²) in [5.74, 6) is 0.119. The number of carbonyl (C=O) groups excluding carboxylic acids is 2. The monoisotopic (exact) mass is 278 g/mol. The van der Waals surface area contributed by atoms with Crippen LogP contribution in [0.5, 0.6) is 0 Å². The Hall–Kier alpha value is -1.36. The smallest absolute Gasteiger partial charge is 0.228 e. The molecule has 2 aliphatic rings. The predicted molar refractivity (Wildman–Crippen MR) is 73.6 cm³/mol. The highest BCUT2D eigenvalue weighted by Crippen LogP contribution is 2.33. The van der Waals surface area contributed by atoms with Gasteiger partial charge in [-0.25, -0.2) is 0 Å². The molecule has 1 aromatic rings. The first-order chi connectivity index (χ1) is 9.15. The van der Waals surface area contributed by atoms with Crippen LogP contribution in [-0.4, -0.2) is 41.2 Å². The van der Waals surface area contributed by atoms with Crippen molar-refractivity contribution >= 4 is 23.2 Å². The van der Waals surface area contributed by atoms with Crippen molar-refractivity contribution in [2.24, 2.45) is 5.92 Å². The van der Waals surface area contributed by atoms with Gasteiger partial charge in [0.15, 0.2) is 0 Å². The van der Waals surface area contributed by atoms with Gasteiger partial charge in [0, 0.05) is 30.9 Å². The normalized spacial score (nSPS) is 22.9. The molecule has 0 bridgehead atoms. The minimum absolute atomic E-state index is 0.102. The molecule has 1 aliphatic carbocycles. The van der Waals surface area contributed by atoms with Crippen molar-refractivity contribution < 1.29 is 9.59 Å². The average molecular weight is 278 g/mol. The van der Waals surface area contributed by atoms with E-state index in [9.17, 15) is 9.59 Å². The Labute approximate surface area is 117 Å². The van der Waals surface area contributed by atoms with Crippen molar-refractivity contribution in [3.8, 4) is 0 Å². The number of hydrogen-bond acceptors (Lipinski definition) is 3. The summed E-state index contributed by atoms with van der Waals surface area (Å²) in [6.07, 6.45) is 2.61. The number of rotatable bonds is 4. The van der Waals surface area contributed by atoms with Crippen LogP contribution in [0.1, 0.15) is 24.1 Å². The third kappa shape index (κ3) is 2.66. The van der Waals surface area contributed by atoms with Gasteiger partial charge in [-0.2, -0.15) is 0 Å². The van der Waals surface area contributed by atoms with Crippen LogP contribution >= 0.6 is 11.3 Å². The van der Waals surface area contributed by atoms with E-state index in [1.807, 2.05) is 29.5 Å². The average Bonchev–Trinajstić information content (AvgIpc) is 2.96. The first kappa shape index (κ1) is 12.7. The fourth-order valence-electron chi connectivity index (χ4n) is 2.66. The second-order valence-electron chi connectivity index (χ2n) is 5.45. The molecule has 19 heavy (non-hydrogen) atoms. The molecule has 1 atom stereocenters. The van der Waals surface area contributed by atoms with E-state index in [0.717, 1.165) is 12.8 Å². The fourth-order valence-corrected chi connectivity index (χ4v) is 3.42. The predicted octanol–water partition coefficient (Wildman–Crippen LogP) is 1.72. The van der Waals surface area contributed by atoms with Gasteiger partial charge in [0.2, 0.25) is 11.8 Å². The summed E-state index contributed by atoms with van der Waals surface area (Å²) in [5.41, 5.74) is 0. The highest BCUT2D eigenvalue weighted by atomic mass is 32.1. The van der Waals surface area contributed by atoms with E-state index in [-0.39, 0.29) is 17.7 Å². The Morgan fingerprint density at radius 1 is 1.53 bits per heavy atom. The van der Waals surface area contributed by atoms with Gasteiger partial charge in [0.1, 0.15) is 0 Å². The maximum absolute atomic E-state index is 12.4. The lowest BCUT2D eigenvalue weighted by Gasteiger charge is -2.20. The summed E-state index contributed by atoms with van der Waals surface area (Å²) in [6.45, 7) is 1.27. The zero-order valence-electron chi connectivity index (χ0n) is 11.0. The molecule has 2 fully saturated rings. The minimum Gasteiger partial charge on any atom is -0.340 e. The first-order valence-electron chi connectivity index (χ1n) is 6.72. The molecular weight excluding hydrogens is 260 g/mol. The van der Waals surface area contributed by atoms with E-state index < -0.39 is 0 Å². The molecule has 0 unspecified atom stereocenters. The standard InChI is InChI=1S/C14H18N2O2S/c1-15(9-12-3-2-6-19-12)14(18)10-7-13(17)16(8-10)11-4-5-11/h2-3,6,10-11H,4-5,7-9H2,1H3/t10-/m1/s1. The van der Waals surface area contributed by atoms with Crippen LogP contribution in [0.25, 0.3) is 0 Å². The lowest BCUT2D eigenvalue weighted by atomic mass is 10.1. The van der Waals surface area contributed by atoms with Crippen molar-refractivity contribution in [3.05, 3.63) is 22.4 Å². The summed E-state index contributed by atoms with van der Waals surface area (Å²) in [4.78, 5) is 29.1. The van der Waals surface area contributed by atoms with E-state index in [4.69, 9.17) is 0 Å². The zero-order chi connectivity index (χ0) is 13.4. The second-order valence-corrected chi connectivity index (χ2v) is 6.48. The Balaban J connectivity index is 1.59. The fraction of sp³-hybridized carbons (Fsp3) is 0.571. The lowest BCUT2D eigenvalue weighted by Crippen LogP contribution is -2.34. The molecule has 0 spiro atoms. The number of amides is 2. The molecule has 1 aliphatic heterocycles. The molecule has 2 heterocycles. The number of carbonyl (C=O) groups is 2. The lowest BCUT2D eigenvalue weighted by molar-refractivity contribution is -0.135. The summed E-state index contributed by atoms with van der Waals surface area (Å²) >= 11 is 1.66. The Kier molecular flexibility index (Phi) is 3.31. The number of thiophene rings is 1. The van der Waals surface area contributed by atoms with E-state index in [1.54, 1.807) is 16.2 Å². The van der Waals surface area contributed by atoms with Gasteiger partial charge in [-0.15, -0.1) is 11.3 Å². The third-order valence-corrected chi connectivity index (χ3v) is 4.71. The van der Waals surface area contributed by atoms with E-state index in [2.05, 4.69) is 0 Å². The topological polar surface area (TPSA) is 40.6 Å². The van der Waals surface area contributed by atoms with Gasteiger partial charge in [-0.05, 0) is 24.3 Å². The van der Waals surface area contributed by atoms with Crippen LogP contribution in [0.2, 0.25) is 0 Å². The van der Waals surface area contributed by atoms with Crippen LogP contribution in [-0.2, 0) is 16.1 Å². The molecule has 0 N–H and O–H groups in total. The van der Waals surface area contributed by atoms with Crippen LogP contribution in [0.15, 0.2) is 17.5 Å². The van der Waals surface area contributed by atoms with Crippen LogP contribution < -0.4 is 0 Å². The van der Waals surface area contributed by atoms with Crippen LogP contribution in [0, 0.1) is 5.92 Å². The zero-order valence-corrected chi connectivity index (χ0v) is 11.9. The van der Waals surface area contributed by atoms with E-state index in [1.165, 1.54) is 4.88 Å². The van der Waals surface area contributed by atoms with Gasteiger partial charge in [-0.3, -0.25) is 9.59 Å². The van der Waals surface area contributed by atoms with Crippen LogP contribution in [0.3, 0.4) is 0 Å². The summed E-state index contributed by atoms with van der Waals surface area (Å²) in [7, 11) is 1.83. The first-order valence-corrected chi connectivity index (χ1v) is 7.60. The second kappa shape index (κ2) is 4.96. The Bertz CT molecular complexity index is 482. The molecule has 1 saturated heterocycles. The molecule has 0 aromatic carbocycles. The van der Waals surface area contributed by atoms with Crippen molar-refractivity contribution in [3.63, 3.8) is 0 Å². The highest BCUT2D eigenvalue weighted by Gasteiger charge is 2.42. The Morgan fingerprint density at radius 2 is 2.32 bits per heavy atom. The molecule has 0 radical (unpaired) electrons. The summed E-state index contributed by atoms with van der Waals surface area (Å²) in [5, 5.41) is 2.02. The SMILES string of the molecule is CN(Cc1cccs1)C(=O)[C@@H]1CC(=O)N(C2CC2)C1. The van der Waals surface area contributed by atoms with E-state index in [0.29, 0.717) is 25.6 Å². The molecule has 5 heteroatoms. The molecule has 1 aromatic heterocycles. The number of likely N-dealkylation sites (tertiary alicyclic amines) is 1. The Morgan fingerprint density at radius 3 is 2.95 bits per heavy atom. The van der Waals surface area contributed by atoms with Crippen molar-refractivity contribution in [2.75, 3.05) is 13.6 Å². The molecule has 1 saturated carbocycles. The largest absolute Gasteiger partial charge is 0.340 e. The van der Waals surface area contributed by atoms with Crippen LogP contribution in [0.4, 0.5) is 0 Å². The van der Waals surface area contributed by atoms with Gasteiger partial charge >= 0.3 is 0 Å². The highest BCUT2D eigenvalue weighted by molar-refractivity contribution is 7.09. The quantitative estimate of drug-likeness (QED) is 0.841. The molecule has 102 valence electrons. The van der Waals surface area contributed by atoms with Gasteiger partial charge in [0.25, 0.3) is 0 Å². The van der Waals surface area contributed by atoms with E-state index >= 15 is 0 Å². The number of nitrogens with zero attached hydrogens (tertiary/aromatic N) is 2. The van der Waals surface area contributed by atoms with Gasteiger partial charge < -0.3 is 9.80 Å². The molecule has 2 amide bonds. The maximum Gasteiger partial charge on any atom is 0.228 e.